The molecule has 2 unspecified atom stereocenters. The monoisotopic (exact) mass is 238 g/mol. The maximum atomic E-state index is 5.61. The fourth-order valence-corrected chi connectivity index (χ4v) is 2.38. The Morgan fingerprint density at radius 2 is 2.59 bits per heavy atom. The van der Waals surface area contributed by atoms with Gasteiger partial charge in [0.15, 0.2) is 0 Å². The topological polar surface area (TPSA) is 65.1 Å². The lowest BCUT2D eigenvalue weighted by atomic mass is 9.96. The van der Waals surface area contributed by atoms with Gasteiger partial charge in [0.05, 0.1) is 6.20 Å². The fraction of sp³-hybridized carbons (Fsp3) is 0.750. The van der Waals surface area contributed by atoms with Crippen LogP contribution in [0.2, 0.25) is 0 Å². The van der Waals surface area contributed by atoms with E-state index < -0.39 is 0 Å². The number of hydrazine groups is 1. The summed E-state index contributed by atoms with van der Waals surface area (Å²) in [6.07, 6.45) is 8.34. The van der Waals surface area contributed by atoms with Gasteiger partial charge in [0.1, 0.15) is 0 Å². The molecular formula is C12H22N4O. The van der Waals surface area contributed by atoms with Crippen molar-refractivity contribution in [1.29, 1.82) is 0 Å². The maximum absolute atomic E-state index is 5.61. The van der Waals surface area contributed by atoms with E-state index in [1.807, 2.05) is 17.9 Å². The largest absolute Gasteiger partial charge is 0.381 e. The minimum absolute atomic E-state index is 0.377. The zero-order valence-electron chi connectivity index (χ0n) is 10.4. The third kappa shape index (κ3) is 3.80. The zero-order chi connectivity index (χ0) is 12.1. The van der Waals surface area contributed by atoms with E-state index in [-0.39, 0.29) is 0 Å². The number of hydrogen-bond donors (Lipinski definition) is 2. The molecule has 0 saturated carbocycles. The van der Waals surface area contributed by atoms with Crippen molar-refractivity contribution < 1.29 is 4.74 Å². The number of hydrogen-bond acceptors (Lipinski definition) is 4. The number of ether oxygens (including phenoxy) is 1. The molecule has 1 saturated heterocycles. The van der Waals surface area contributed by atoms with Gasteiger partial charge in [-0.3, -0.25) is 16.0 Å². The van der Waals surface area contributed by atoms with Gasteiger partial charge in [-0.25, -0.2) is 0 Å². The van der Waals surface area contributed by atoms with Crippen molar-refractivity contribution in [1.82, 2.24) is 15.2 Å². The molecule has 1 fully saturated rings. The molecule has 2 rings (SSSR count). The first-order valence-electron chi connectivity index (χ1n) is 6.29. The van der Waals surface area contributed by atoms with Gasteiger partial charge >= 0.3 is 0 Å². The van der Waals surface area contributed by atoms with Crippen LogP contribution in [0.5, 0.6) is 0 Å². The SMILES string of the molecule is Cn1cc(CCC(CC2CCOC2)NN)cn1. The van der Waals surface area contributed by atoms with Gasteiger partial charge < -0.3 is 4.74 Å². The molecule has 0 aliphatic carbocycles. The van der Waals surface area contributed by atoms with Crippen LogP contribution in [0, 0.1) is 5.92 Å². The van der Waals surface area contributed by atoms with Crippen molar-refractivity contribution in [3.63, 3.8) is 0 Å². The lowest BCUT2D eigenvalue weighted by Gasteiger charge is -2.18. The predicted octanol–water partition coefficient (Wildman–Crippen LogP) is 0.611. The molecule has 96 valence electrons. The van der Waals surface area contributed by atoms with Crippen molar-refractivity contribution in [3.05, 3.63) is 18.0 Å². The highest BCUT2D eigenvalue weighted by Crippen LogP contribution is 2.19. The fourth-order valence-electron chi connectivity index (χ4n) is 2.38. The number of nitrogens with zero attached hydrogens (tertiary/aromatic N) is 2. The Hall–Kier alpha value is -0.910. The number of aryl methyl sites for hydroxylation is 2. The molecule has 3 N–H and O–H groups in total. The molecule has 1 aliphatic heterocycles. The first kappa shape index (κ1) is 12.5. The van der Waals surface area contributed by atoms with E-state index in [4.69, 9.17) is 10.6 Å². The summed E-state index contributed by atoms with van der Waals surface area (Å²) in [5, 5.41) is 4.17. The molecule has 1 aromatic rings. The molecule has 17 heavy (non-hydrogen) atoms. The van der Waals surface area contributed by atoms with Gasteiger partial charge in [0.25, 0.3) is 0 Å². The summed E-state index contributed by atoms with van der Waals surface area (Å²) in [7, 11) is 1.94. The first-order chi connectivity index (χ1) is 8.28. The van der Waals surface area contributed by atoms with Crippen molar-refractivity contribution in [2.75, 3.05) is 13.2 Å². The zero-order valence-corrected chi connectivity index (χ0v) is 10.4. The van der Waals surface area contributed by atoms with Gasteiger partial charge in [-0.1, -0.05) is 0 Å². The number of nitrogens with one attached hydrogen (secondary N) is 1. The Morgan fingerprint density at radius 1 is 1.71 bits per heavy atom. The summed E-state index contributed by atoms with van der Waals surface area (Å²) in [6.45, 7) is 1.80. The Bertz CT molecular complexity index is 333. The quantitative estimate of drug-likeness (QED) is 0.563. The van der Waals surface area contributed by atoms with Crippen molar-refractivity contribution >= 4 is 0 Å². The molecule has 0 bridgehead atoms. The number of nitrogens with two attached hydrogens (primary N) is 1. The van der Waals surface area contributed by atoms with Crippen LogP contribution in [-0.4, -0.2) is 29.0 Å². The number of rotatable bonds is 6. The Balaban J connectivity index is 1.74. The van der Waals surface area contributed by atoms with Crippen LogP contribution in [0.15, 0.2) is 12.4 Å². The van der Waals surface area contributed by atoms with Gasteiger partial charge in [0, 0.05) is 32.5 Å². The normalized spacial score (nSPS) is 21.9. The lowest BCUT2D eigenvalue weighted by molar-refractivity contribution is 0.181. The molecule has 0 aromatic carbocycles. The van der Waals surface area contributed by atoms with E-state index in [9.17, 15) is 0 Å². The second-order valence-corrected chi connectivity index (χ2v) is 4.89. The van der Waals surface area contributed by atoms with Crippen LogP contribution in [-0.2, 0) is 18.2 Å². The van der Waals surface area contributed by atoms with E-state index in [0.29, 0.717) is 12.0 Å². The van der Waals surface area contributed by atoms with Crippen molar-refractivity contribution in [2.24, 2.45) is 18.8 Å². The third-order valence-electron chi connectivity index (χ3n) is 3.42. The lowest BCUT2D eigenvalue weighted by Crippen LogP contribution is -2.37. The summed E-state index contributed by atoms with van der Waals surface area (Å²) in [6, 6.07) is 0.377. The molecule has 5 nitrogen and oxygen atoms in total. The summed E-state index contributed by atoms with van der Waals surface area (Å²) < 4.78 is 7.22. The second kappa shape index (κ2) is 6.14. The van der Waals surface area contributed by atoms with Crippen LogP contribution in [0.25, 0.3) is 0 Å². The van der Waals surface area contributed by atoms with Crippen molar-refractivity contribution in [3.8, 4) is 0 Å². The molecule has 0 amide bonds. The van der Waals surface area contributed by atoms with Crippen LogP contribution in [0.4, 0.5) is 0 Å². The van der Waals surface area contributed by atoms with Crippen LogP contribution < -0.4 is 11.3 Å². The molecular weight excluding hydrogens is 216 g/mol. The second-order valence-electron chi connectivity index (χ2n) is 4.89. The first-order valence-corrected chi connectivity index (χ1v) is 6.29. The molecule has 0 spiro atoms. The summed E-state index contributed by atoms with van der Waals surface area (Å²) in [5.74, 6) is 6.28. The van der Waals surface area contributed by atoms with E-state index in [2.05, 4.69) is 16.7 Å². The van der Waals surface area contributed by atoms with Crippen LogP contribution >= 0.6 is 0 Å². The Labute approximate surface area is 102 Å². The maximum Gasteiger partial charge on any atom is 0.0521 e. The Morgan fingerprint density at radius 3 is 3.18 bits per heavy atom. The van der Waals surface area contributed by atoms with Gasteiger partial charge in [-0.05, 0) is 37.2 Å². The highest BCUT2D eigenvalue weighted by molar-refractivity contribution is 5.03. The average molecular weight is 238 g/mol. The van der Waals surface area contributed by atoms with E-state index in [0.717, 1.165) is 32.5 Å². The minimum atomic E-state index is 0.377. The highest BCUT2D eigenvalue weighted by Gasteiger charge is 2.20. The molecule has 2 atom stereocenters. The standard InChI is InChI=1S/C12H22N4O/c1-16-8-11(7-14-16)2-3-12(15-13)6-10-4-5-17-9-10/h7-8,10,12,15H,2-6,9,13H2,1H3. The molecule has 1 aromatic heterocycles. The van der Waals surface area contributed by atoms with Gasteiger partial charge in [-0.15, -0.1) is 0 Å². The highest BCUT2D eigenvalue weighted by atomic mass is 16.5. The molecule has 2 heterocycles. The van der Waals surface area contributed by atoms with Crippen LogP contribution in [0.3, 0.4) is 0 Å². The smallest absolute Gasteiger partial charge is 0.0521 e. The van der Waals surface area contributed by atoms with E-state index in [1.165, 1.54) is 12.0 Å². The van der Waals surface area contributed by atoms with Gasteiger partial charge in [-0.2, -0.15) is 5.10 Å². The van der Waals surface area contributed by atoms with Gasteiger partial charge in [0.2, 0.25) is 0 Å². The summed E-state index contributed by atoms with van der Waals surface area (Å²) in [4.78, 5) is 0. The van der Waals surface area contributed by atoms with Crippen LogP contribution in [0.1, 0.15) is 24.8 Å². The summed E-state index contributed by atoms with van der Waals surface area (Å²) in [5.41, 5.74) is 4.20. The third-order valence-corrected chi connectivity index (χ3v) is 3.42. The molecule has 0 radical (unpaired) electrons. The number of aromatic nitrogens is 2. The summed E-state index contributed by atoms with van der Waals surface area (Å²) >= 11 is 0. The average Bonchev–Trinajstić information content (AvgIpc) is 2.96. The van der Waals surface area contributed by atoms with E-state index >= 15 is 0 Å². The van der Waals surface area contributed by atoms with Crippen molar-refractivity contribution in [2.45, 2.75) is 31.7 Å². The Kier molecular flexibility index (Phi) is 4.53. The molecule has 1 aliphatic rings. The minimum Gasteiger partial charge on any atom is -0.381 e. The predicted molar refractivity (Wildman–Crippen MR) is 66.2 cm³/mol. The molecule has 5 heteroatoms. The van der Waals surface area contributed by atoms with E-state index in [1.54, 1.807) is 0 Å².